The molecule has 3 unspecified atom stereocenters. The smallest absolute Gasteiger partial charge is 0.220 e. The van der Waals surface area contributed by atoms with Gasteiger partial charge in [0.15, 0.2) is 0 Å². The van der Waals surface area contributed by atoms with Crippen LogP contribution in [-0.4, -0.2) is 25.0 Å². The Bertz CT molecular complexity index is 483. The normalized spacial score (nSPS) is 27.7. The van der Waals surface area contributed by atoms with Crippen molar-refractivity contribution >= 4 is 11.6 Å². The molecule has 20 heavy (non-hydrogen) atoms. The predicted octanol–water partition coefficient (Wildman–Crippen LogP) is 1.81. The molecule has 0 aliphatic carbocycles. The average Bonchev–Trinajstić information content (AvgIpc) is 2.47. The molecule has 3 atom stereocenters. The number of fused-ring (bicyclic) bond motifs is 1. The first kappa shape index (κ1) is 13.4. The Labute approximate surface area is 120 Å². The topological polar surface area (TPSA) is 58.4 Å². The molecule has 2 fully saturated rings. The van der Waals surface area contributed by atoms with Crippen LogP contribution in [0.3, 0.4) is 0 Å². The molecule has 1 aromatic rings. The Morgan fingerprint density at radius 1 is 1.30 bits per heavy atom. The number of nitrogens with two attached hydrogens (primary N) is 1. The summed E-state index contributed by atoms with van der Waals surface area (Å²) < 4.78 is 0. The highest BCUT2D eigenvalue weighted by Crippen LogP contribution is 2.29. The number of hydrogen-bond acceptors (Lipinski definition) is 3. The van der Waals surface area contributed by atoms with E-state index in [1.165, 1.54) is 11.3 Å². The number of piperidine rings is 2. The molecule has 1 aromatic carbocycles. The minimum absolute atomic E-state index is 0.0864. The van der Waals surface area contributed by atoms with Gasteiger partial charge in [0.05, 0.1) is 0 Å². The number of hydrogen-bond donors (Lipinski definition) is 2. The summed E-state index contributed by atoms with van der Waals surface area (Å²) >= 11 is 0. The van der Waals surface area contributed by atoms with Gasteiger partial charge in [-0.3, -0.25) is 4.79 Å². The minimum Gasteiger partial charge on any atom is -0.371 e. The summed E-state index contributed by atoms with van der Waals surface area (Å²) in [7, 11) is 0. The van der Waals surface area contributed by atoms with E-state index in [9.17, 15) is 4.79 Å². The molecule has 0 bridgehead atoms. The van der Waals surface area contributed by atoms with Crippen LogP contribution < -0.4 is 16.0 Å². The van der Waals surface area contributed by atoms with Crippen LogP contribution in [0.1, 0.15) is 37.8 Å². The van der Waals surface area contributed by atoms with Gasteiger partial charge in [-0.05, 0) is 43.4 Å². The SMILES string of the molecule is CC(N)c1ccc(N2CCC3NC(=O)CCC3C2)cc1. The van der Waals surface area contributed by atoms with E-state index in [2.05, 4.69) is 34.5 Å². The van der Waals surface area contributed by atoms with E-state index in [4.69, 9.17) is 5.73 Å². The molecule has 0 radical (unpaired) electrons. The van der Waals surface area contributed by atoms with E-state index in [-0.39, 0.29) is 11.9 Å². The first-order valence-corrected chi connectivity index (χ1v) is 7.53. The lowest BCUT2D eigenvalue weighted by molar-refractivity contribution is -0.124. The van der Waals surface area contributed by atoms with Gasteiger partial charge >= 0.3 is 0 Å². The quantitative estimate of drug-likeness (QED) is 0.864. The molecular formula is C16H23N3O. The molecule has 3 N–H and O–H groups in total. The number of nitrogens with one attached hydrogen (secondary N) is 1. The Hall–Kier alpha value is -1.55. The van der Waals surface area contributed by atoms with E-state index >= 15 is 0 Å². The number of anilines is 1. The van der Waals surface area contributed by atoms with Crippen LogP contribution in [-0.2, 0) is 4.79 Å². The largest absolute Gasteiger partial charge is 0.371 e. The Balaban J connectivity index is 1.68. The van der Waals surface area contributed by atoms with Crippen molar-refractivity contribution in [2.75, 3.05) is 18.0 Å². The lowest BCUT2D eigenvalue weighted by atomic mass is 9.85. The van der Waals surface area contributed by atoms with Crippen molar-refractivity contribution in [2.24, 2.45) is 11.7 Å². The van der Waals surface area contributed by atoms with Crippen LogP contribution in [0.2, 0.25) is 0 Å². The van der Waals surface area contributed by atoms with Crippen molar-refractivity contribution in [1.29, 1.82) is 0 Å². The van der Waals surface area contributed by atoms with E-state index in [0.717, 1.165) is 25.9 Å². The van der Waals surface area contributed by atoms with Crippen LogP contribution in [0.5, 0.6) is 0 Å². The molecule has 0 spiro atoms. The summed E-state index contributed by atoms with van der Waals surface area (Å²) in [5.41, 5.74) is 8.33. The maximum absolute atomic E-state index is 11.4. The van der Waals surface area contributed by atoms with Crippen LogP contribution in [0.15, 0.2) is 24.3 Å². The highest BCUT2D eigenvalue weighted by molar-refractivity contribution is 5.77. The van der Waals surface area contributed by atoms with Crippen molar-refractivity contribution in [1.82, 2.24) is 5.32 Å². The molecule has 1 amide bonds. The zero-order valence-electron chi connectivity index (χ0n) is 12.0. The first-order valence-electron chi connectivity index (χ1n) is 7.53. The second kappa shape index (κ2) is 5.44. The predicted molar refractivity (Wildman–Crippen MR) is 80.5 cm³/mol. The highest BCUT2D eigenvalue weighted by atomic mass is 16.1. The van der Waals surface area contributed by atoms with Gasteiger partial charge < -0.3 is 16.0 Å². The summed E-state index contributed by atoms with van der Waals surface area (Å²) in [4.78, 5) is 13.9. The number of benzene rings is 1. The van der Waals surface area contributed by atoms with Gasteiger partial charge in [-0.25, -0.2) is 0 Å². The fraction of sp³-hybridized carbons (Fsp3) is 0.562. The minimum atomic E-state index is 0.0864. The maximum Gasteiger partial charge on any atom is 0.220 e. The van der Waals surface area contributed by atoms with Crippen LogP contribution in [0, 0.1) is 5.92 Å². The van der Waals surface area contributed by atoms with Crippen molar-refractivity contribution in [3.63, 3.8) is 0 Å². The number of carbonyl (C=O) groups is 1. The van der Waals surface area contributed by atoms with Gasteiger partial charge in [-0.2, -0.15) is 0 Å². The van der Waals surface area contributed by atoms with Gasteiger partial charge in [-0.15, -0.1) is 0 Å². The molecule has 2 saturated heterocycles. The van der Waals surface area contributed by atoms with Crippen LogP contribution in [0.25, 0.3) is 0 Å². The van der Waals surface area contributed by atoms with Crippen molar-refractivity contribution in [3.05, 3.63) is 29.8 Å². The van der Waals surface area contributed by atoms with Gasteiger partial charge in [-0.1, -0.05) is 12.1 Å². The molecule has 2 heterocycles. The maximum atomic E-state index is 11.4. The molecule has 2 aliphatic heterocycles. The number of rotatable bonds is 2. The number of amides is 1. The summed E-state index contributed by atoms with van der Waals surface area (Å²) in [6, 6.07) is 9.05. The lowest BCUT2D eigenvalue weighted by Gasteiger charge is -2.42. The van der Waals surface area contributed by atoms with Gasteiger partial charge in [0.1, 0.15) is 0 Å². The summed E-state index contributed by atoms with van der Waals surface area (Å²) in [5, 5.41) is 3.13. The van der Waals surface area contributed by atoms with E-state index in [0.29, 0.717) is 18.4 Å². The standard InChI is InChI=1S/C16H23N3O/c1-11(17)12-2-5-14(6-3-12)19-9-8-15-13(10-19)4-7-16(20)18-15/h2-3,5-6,11,13,15H,4,7-10,17H2,1H3,(H,18,20). The Morgan fingerprint density at radius 2 is 2.05 bits per heavy atom. The third kappa shape index (κ3) is 2.66. The number of carbonyl (C=O) groups excluding carboxylic acids is 1. The van der Waals surface area contributed by atoms with E-state index < -0.39 is 0 Å². The fourth-order valence-electron chi connectivity index (χ4n) is 3.33. The monoisotopic (exact) mass is 273 g/mol. The molecule has 108 valence electrons. The molecule has 3 rings (SSSR count). The van der Waals surface area contributed by atoms with Crippen molar-refractivity contribution < 1.29 is 4.79 Å². The first-order chi connectivity index (χ1) is 9.63. The highest BCUT2D eigenvalue weighted by Gasteiger charge is 2.33. The zero-order chi connectivity index (χ0) is 14.1. The molecular weight excluding hydrogens is 250 g/mol. The second-order valence-corrected chi connectivity index (χ2v) is 6.09. The Morgan fingerprint density at radius 3 is 2.75 bits per heavy atom. The van der Waals surface area contributed by atoms with Crippen LogP contribution >= 0.6 is 0 Å². The van der Waals surface area contributed by atoms with Crippen LogP contribution in [0.4, 0.5) is 5.69 Å². The zero-order valence-corrected chi connectivity index (χ0v) is 12.0. The molecule has 4 heteroatoms. The second-order valence-electron chi connectivity index (χ2n) is 6.09. The Kier molecular flexibility index (Phi) is 3.66. The van der Waals surface area contributed by atoms with Crippen molar-refractivity contribution in [2.45, 2.75) is 38.3 Å². The average molecular weight is 273 g/mol. The van der Waals surface area contributed by atoms with Gasteiger partial charge in [0.25, 0.3) is 0 Å². The van der Waals surface area contributed by atoms with Crippen molar-refractivity contribution in [3.8, 4) is 0 Å². The van der Waals surface area contributed by atoms with E-state index in [1.54, 1.807) is 0 Å². The summed E-state index contributed by atoms with van der Waals surface area (Å²) in [5.74, 6) is 0.815. The molecule has 2 aliphatic rings. The lowest BCUT2D eigenvalue weighted by Crippen LogP contribution is -2.54. The molecule has 0 aromatic heterocycles. The fourth-order valence-corrected chi connectivity index (χ4v) is 3.33. The molecule has 0 saturated carbocycles. The summed E-state index contributed by atoms with van der Waals surface area (Å²) in [6.07, 6.45) is 2.75. The summed E-state index contributed by atoms with van der Waals surface area (Å²) in [6.45, 7) is 4.06. The third-order valence-corrected chi connectivity index (χ3v) is 4.61. The number of nitrogens with zero attached hydrogens (tertiary/aromatic N) is 1. The van der Waals surface area contributed by atoms with E-state index in [1.807, 2.05) is 6.92 Å². The van der Waals surface area contributed by atoms with Gasteiger partial charge in [0.2, 0.25) is 5.91 Å². The third-order valence-electron chi connectivity index (χ3n) is 4.61. The van der Waals surface area contributed by atoms with Gasteiger partial charge in [0, 0.05) is 37.3 Å². The molecule has 4 nitrogen and oxygen atoms in total.